The van der Waals surface area contributed by atoms with Crippen LogP contribution in [-0.2, 0) is 0 Å². The molecule has 0 aromatic heterocycles. The van der Waals surface area contributed by atoms with Crippen LogP contribution in [-0.4, -0.2) is 0 Å². The molecule has 2 nitrogen and oxygen atoms in total. The summed E-state index contributed by atoms with van der Waals surface area (Å²) >= 11 is 0. The Morgan fingerprint density at radius 1 is 1.27 bits per heavy atom. The van der Waals surface area contributed by atoms with Crippen molar-refractivity contribution >= 4 is 5.69 Å². The third-order valence-electron chi connectivity index (χ3n) is 1.66. The molecule has 0 bridgehead atoms. The molecule has 0 fully saturated rings. The first-order chi connectivity index (χ1) is 5.15. The molecule has 0 aliphatic heterocycles. The number of nitrogens with zero attached hydrogens (tertiary/aromatic N) is 1. The van der Waals surface area contributed by atoms with Gasteiger partial charge in [0.2, 0.25) is 0 Å². The molecule has 0 heterocycles. The summed E-state index contributed by atoms with van der Waals surface area (Å²) in [5, 5.41) is 8.57. The van der Waals surface area contributed by atoms with Crippen molar-refractivity contribution < 1.29 is 0 Å². The van der Waals surface area contributed by atoms with Gasteiger partial charge < -0.3 is 5.73 Å². The standard InChI is InChI=1S/C9H9N2/c1-6-3-8(5-10)4-7(2)9(6)11/h3-4,11H,1-2H3. The summed E-state index contributed by atoms with van der Waals surface area (Å²) in [5.74, 6) is 0. The highest BCUT2D eigenvalue weighted by molar-refractivity contribution is 5.53. The van der Waals surface area contributed by atoms with Crippen LogP contribution in [0, 0.1) is 25.2 Å². The Hall–Kier alpha value is -1.49. The summed E-state index contributed by atoms with van der Waals surface area (Å²) in [6.45, 7) is 3.69. The zero-order valence-electron chi connectivity index (χ0n) is 6.60. The van der Waals surface area contributed by atoms with Crippen molar-refractivity contribution in [2.45, 2.75) is 13.8 Å². The Balaban J connectivity index is 3.35. The fourth-order valence-corrected chi connectivity index (χ4v) is 1.03. The van der Waals surface area contributed by atoms with E-state index in [-0.39, 0.29) is 0 Å². The molecule has 0 amide bonds. The van der Waals surface area contributed by atoms with Crippen LogP contribution in [0.2, 0.25) is 0 Å². The fourth-order valence-electron chi connectivity index (χ4n) is 1.03. The maximum Gasteiger partial charge on any atom is 0.0991 e. The number of benzene rings is 1. The van der Waals surface area contributed by atoms with Gasteiger partial charge in [0, 0.05) is 0 Å². The molecule has 0 spiro atoms. The highest BCUT2D eigenvalue weighted by Gasteiger charge is 2.00. The molecular formula is C9H9N2. The summed E-state index contributed by atoms with van der Waals surface area (Å²) in [5.41, 5.74) is 10.4. The molecule has 0 aliphatic rings. The van der Waals surface area contributed by atoms with Crippen LogP contribution in [0.1, 0.15) is 16.7 Å². The number of aryl methyl sites for hydroxylation is 2. The number of rotatable bonds is 0. The Morgan fingerprint density at radius 3 is 2.09 bits per heavy atom. The predicted molar refractivity (Wildman–Crippen MR) is 43.4 cm³/mol. The second-order valence-electron chi connectivity index (χ2n) is 2.60. The SMILES string of the molecule is Cc1cc(C#N)cc(C)c1[NH]. The molecule has 2 heteroatoms. The highest BCUT2D eigenvalue weighted by Crippen LogP contribution is 2.19. The van der Waals surface area contributed by atoms with Crippen LogP contribution in [0.3, 0.4) is 0 Å². The zero-order valence-corrected chi connectivity index (χ0v) is 6.60. The number of nitriles is 1. The van der Waals surface area contributed by atoms with E-state index in [0.29, 0.717) is 11.3 Å². The first-order valence-corrected chi connectivity index (χ1v) is 3.38. The van der Waals surface area contributed by atoms with Crippen LogP contribution in [0.5, 0.6) is 0 Å². The molecule has 1 N–H and O–H groups in total. The molecule has 0 aliphatic carbocycles. The van der Waals surface area contributed by atoms with E-state index in [1.165, 1.54) is 0 Å². The van der Waals surface area contributed by atoms with Gasteiger partial charge in [-0.2, -0.15) is 5.26 Å². The second kappa shape index (κ2) is 2.63. The van der Waals surface area contributed by atoms with E-state index in [4.69, 9.17) is 11.0 Å². The molecule has 0 saturated heterocycles. The Morgan fingerprint density at radius 2 is 1.73 bits per heavy atom. The van der Waals surface area contributed by atoms with Gasteiger partial charge in [-0.1, -0.05) is 0 Å². The van der Waals surface area contributed by atoms with Gasteiger partial charge in [0.25, 0.3) is 0 Å². The first-order valence-electron chi connectivity index (χ1n) is 3.38. The summed E-state index contributed by atoms with van der Waals surface area (Å²) in [6, 6.07) is 5.52. The van der Waals surface area contributed by atoms with E-state index in [1.54, 1.807) is 12.1 Å². The van der Waals surface area contributed by atoms with Gasteiger partial charge in [0.05, 0.1) is 17.3 Å². The largest absolute Gasteiger partial charge is 0.300 e. The van der Waals surface area contributed by atoms with E-state index in [2.05, 4.69) is 6.07 Å². The number of nitrogens with one attached hydrogen (secondary N) is 1. The van der Waals surface area contributed by atoms with E-state index in [0.717, 1.165) is 11.1 Å². The van der Waals surface area contributed by atoms with E-state index in [1.807, 2.05) is 13.8 Å². The number of hydrogen-bond acceptors (Lipinski definition) is 1. The van der Waals surface area contributed by atoms with Crippen molar-refractivity contribution in [1.82, 2.24) is 5.73 Å². The average molecular weight is 145 g/mol. The minimum Gasteiger partial charge on any atom is -0.300 e. The minimum absolute atomic E-state index is 0.531. The van der Waals surface area contributed by atoms with Gasteiger partial charge in [-0.3, -0.25) is 0 Å². The summed E-state index contributed by atoms with van der Waals surface area (Å²) < 4.78 is 0. The maximum absolute atomic E-state index is 8.57. The summed E-state index contributed by atoms with van der Waals surface area (Å²) in [7, 11) is 0. The third kappa shape index (κ3) is 1.32. The predicted octanol–water partition coefficient (Wildman–Crippen LogP) is 2.09. The lowest BCUT2D eigenvalue weighted by Gasteiger charge is -2.02. The fraction of sp³-hybridized carbons (Fsp3) is 0.222. The average Bonchev–Trinajstić information content (AvgIpc) is 1.99. The first kappa shape index (κ1) is 7.62. The van der Waals surface area contributed by atoms with Crippen molar-refractivity contribution in [2.24, 2.45) is 0 Å². The van der Waals surface area contributed by atoms with Crippen molar-refractivity contribution in [3.05, 3.63) is 28.8 Å². The van der Waals surface area contributed by atoms with Gasteiger partial charge >= 0.3 is 0 Å². The van der Waals surface area contributed by atoms with E-state index in [9.17, 15) is 0 Å². The van der Waals surface area contributed by atoms with Gasteiger partial charge in [-0.15, -0.1) is 0 Å². The lowest BCUT2D eigenvalue weighted by molar-refractivity contribution is 1.29. The molecular weight excluding hydrogens is 136 g/mol. The summed E-state index contributed by atoms with van der Waals surface area (Å²) in [4.78, 5) is 0. The topological polar surface area (TPSA) is 47.6 Å². The Kier molecular flexibility index (Phi) is 1.82. The minimum atomic E-state index is 0.531. The molecule has 1 radical (unpaired) electrons. The molecule has 1 aromatic carbocycles. The van der Waals surface area contributed by atoms with E-state index < -0.39 is 0 Å². The monoisotopic (exact) mass is 145 g/mol. The lowest BCUT2D eigenvalue weighted by atomic mass is 10.1. The Bertz CT molecular complexity index is 298. The smallest absolute Gasteiger partial charge is 0.0991 e. The normalized spacial score (nSPS) is 9.18. The van der Waals surface area contributed by atoms with Gasteiger partial charge in [0.15, 0.2) is 0 Å². The summed E-state index contributed by atoms with van der Waals surface area (Å²) in [6.07, 6.45) is 0. The molecule has 0 unspecified atom stereocenters. The molecule has 1 aromatic rings. The van der Waals surface area contributed by atoms with Crippen LogP contribution < -0.4 is 5.73 Å². The van der Waals surface area contributed by atoms with Crippen molar-refractivity contribution in [1.29, 1.82) is 5.26 Å². The lowest BCUT2D eigenvalue weighted by Crippen LogP contribution is -1.85. The molecule has 0 atom stereocenters. The quantitative estimate of drug-likeness (QED) is 0.551. The molecule has 11 heavy (non-hydrogen) atoms. The van der Waals surface area contributed by atoms with Crippen LogP contribution in [0.15, 0.2) is 12.1 Å². The van der Waals surface area contributed by atoms with Gasteiger partial charge in [-0.05, 0) is 37.1 Å². The highest BCUT2D eigenvalue weighted by atomic mass is 14.6. The van der Waals surface area contributed by atoms with Crippen molar-refractivity contribution in [3.63, 3.8) is 0 Å². The molecule has 1 rings (SSSR count). The second-order valence-corrected chi connectivity index (χ2v) is 2.60. The Labute approximate surface area is 66.3 Å². The van der Waals surface area contributed by atoms with Gasteiger partial charge in [0.1, 0.15) is 0 Å². The number of hydrogen-bond donors (Lipinski definition) is 0. The van der Waals surface area contributed by atoms with Crippen molar-refractivity contribution in [3.8, 4) is 6.07 Å². The van der Waals surface area contributed by atoms with E-state index >= 15 is 0 Å². The van der Waals surface area contributed by atoms with Crippen LogP contribution in [0.4, 0.5) is 5.69 Å². The zero-order chi connectivity index (χ0) is 8.43. The van der Waals surface area contributed by atoms with Crippen LogP contribution >= 0.6 is 0 Å². The van der Waals surface area contributed by atoms with Gasteiger partial charge in [-0.25, -0.2) is 0 Å². The van der Waals surface area contributed by atoms with Crippen molar-refractivity contribution in [2.75, 3.05) is 0 Å². The maximum atomic E-state index is 8.57. The molecule has 55 valence electrons. The van der Waals surface area contributed by atoms with Crippen LogP contribution in [0.25, 0.3) is 0 Å². The molecule has 0 saturated carbocycles. The third-order valence-corrected chi connectivity index (χ3v) is 1.66.